The summed E-state index contributed by atoms with van der Waals surface area (Å²) in [5.41, 5.74) is 9.43. The second kappa shape index (κ2) is 33.0. The predicted octanol–water partition coefficient (Wildman–Crippen LogP) is 9.20. The van der Waals surface area contributed by atoms with Gasteiger partial charge in [-0.1, -0.05) is 125 Å². The molecule has 0 fully saturated rings. The van der Waals surface area contributed by atoms with E-state index in [1.807, 2.05) is 134 Å². The molecule has 8 aromatic rings. The number of hydrogen-bond acceptors (Lipinski definition) is 10. The Morgan fingerprint density at radius 1 is 0.452 bits per heavy atom. The molecular formula is C66H68Ca2F2N4O10. The van der Waals surface area contributed by atoms with Gasteiger partial charge >= 0.3 is 37.7 Å². The van der Waals surface area contributed by atoms with E-state index in [9.17, 15) is 58.6 Å². The Balaban J connectivity index is 0.000000300. The third-order valence-corrected chi connectivity index (χ3v) is 13.8. The molecule has 6 aromatic carbocycles. The van der Waals surface area contributed by atoms with Gasteiger partial charge in [0.1, 0.15) is 11.6 Å². The van der Waals surface area contributed by atoms with Crippen molar-refractivity contribution < 1.29 is 58.6 Å². The number of carbonyl (C=O) groups is 4. The number of hydrogen-bond donors (Lipinski definition) is 6. The van der Waals surface area contributed by atoms with Gasteiger partial charge in [-0.05, 0) is 133 Å². The minimum absolute atomic E-state index is 0. The van der Waals surface area contributed by atoms with Gasteiger partial charge in [-0.2, -0.15) is 0 Å². The maximum absolute atomic E-state index is 14.0. The number of halogens is 2. The van der Waals surface area contributed by atoms with Gasteiger partial charge in [0, 0.05) is 109 Å². The average Bonchev–Trinajstić information content (AvgIpc) is 2.49. The first kappa shape index (κ1) is 68.8. The number of aliphatic carboxylic acids is 2. The molecule has 0 aliphatic heterocycles. The summed E-state index contributed by atoms with van der Waals surface area (Å²) in [7, 11) is 0. The smallest absolute Gasteiger partial charge is 0.550 e. The van der Waals surface area contributed by atoms with Crippen LogP contribution in [0.1, 0.15) is 110 Å². The molecule has 14 nitrogen and oxygen atoms in total. The number of amides is 2. The van der Waals surface area contributed by atoms with Crippen molar-refractivity contribution in [3.8, 4) is 44.8 Å². The summed E-state index contributed by atoms with van der Waals surface area (Å²) in [6, 6.07) is 49.4. The quantitative estimate of drug-likeness (QED) is 0.0314. The first-order valence-electron chi connectivity index (χ1n) is 27.3. The number of para-hydroxylation sites is 2. The third kappa shape index (κ3) is 18.5. The van der Waals surface area contributed by atoms with E-state index in [0.29, 0.717) is 56.1 Å². The number of nitrogens with zero attached hydrogens (tertiary/aromatic N) is 2. The number of rotatable bonds is 24. The van der Waals surface area contributed by atoms with E-state index in [4.69, 9.17) is 0 Å². The fraction of sp³-hybridized carbons (Fsp3) is 0.273. The van der Waals surface area contributed by atoms with E-state index < -0.39 is 60.8 Å². The zero-order valence-electron chi connectivity index (χ0n) is 47.6. The van der Waals surface area contributed by atoms with E-state index >= 15 is 0 Å². The number of anilines is 2. The molecule has 4 atom stereocenters. The molecule has 18 heteroatoms. The number of aromatic nitrogens is 2. The van der Waals surface area contributed by atoms with Gasteiger partial charge in [0.2, 0.25) is 0 Å². The normalized spacial score (nSPS) is 12.4. The summed E-state index contributed by atoms with van der Waals surface area (Å²) in [5.74, 6) is -4.41. The van der Waals surface area contributed by atoms with Crippen molar-refractivity contribution in [1.82, 2.24) is 9.13 Å². The Labute approximate surface area is 548 Å². The number of aliphatic hydroxyl groups excluding tert-OH is 4. The number of aliphatic hydroxyl groups is 4. The van der Waals surface area contributed by atoms with Gasteiger partial charge in [-0.25, -0.2) is 8.78 Å². The number of carbonyl (C=O) groups excluding carboxylic acids is 4. The van der Waals surface area contributed by atoms with Crippen LogP contribution in [0.2, 0.25) is 0 Å². The molecule has 84 heavy (non-hydrogen) atoms. The van der Waals surface area contributed by atoms with Gasteiger partial charge < -0.3 is 60.0 Å². The van der Waals surface area contributed by atoms with Gasteiger partial charge in [0.05, 0.1) is 46.9 Å². The van der Waals surface area contributed by atoms with Crippen LogP contribution in [0.4, 0.5) is 20.2 Å². The number of benzene rings is 6. The Bertz CT molecular complexity index is 3170. The summed E-state index contributed by atoms with van der Waals surface area (Å²) >= 11 is 0. The van der Waals surface area contributed by atoms with Gasteiger partial charge in [0.15, 0.2) is 0 Å². The van der Waals surface area contributed by atoms with Crippen LogP contribution in [0.3, 0.4) is 0 Å². The largest absolute Gasteiger partial charge is 2.00 e. The van der Waals surface area contributed by atoms with Gasteiger partial charge in [-0.3, -0.25) is 9.59 Å². The summed E-state index contributed by atoms with van der Waals surface area (Å²) in [6.45, 7) is 8.45. The molecule has 0 saturated carbocycles. The molecule has 2 aromatic heterocycles. The van der Waals surface area contributed by atoms with E-state index in [1.165, 1.54) is 24.3 Å². The first-order chi connectivity index (χ1) is 39.3. The van der Waals surface area contributed by atoms with E-state index in [1.54, 1.807) is 48.5 Å². The van der Waals surface area contributed by atoms with E-state index in [2.05, 4.69) is 10.6 Å². The molecule has 2 heterocycles. The fourth-order valence-corrected chi connectivity index (χ4v) is 10.4. The summed E-state index contributed by atoms with van der Waals surface area (Å²) in [5, 5.41) is 69.2. The van der Waals surface area contributed by atoms with Crippen molar-refractivity contribution >= 4 is 111 Å². The standard InChI is InChI=1S/2C33H35FN2O5.2Ca/c2*1-21(2)31-30(33(41)35-25-11-7-4-8-12-25)29(22-9-5-3-6-10-22)32(23-13-15-24(34)16-14-23)36(31)18-17-26(37)19-27(38)20-28(39)40;;/h2*3-16,21,26-27,37-38H,17-20H2,1-2H3,(H,35,41)(H,39,40);;/q;;;+2/p-2/t2*26-,27-;;/m11../s1. The predicted molar refractivity (Wildman–Crippen MR) is 321 cm³/mol. The first-order valence-corrected chi connectivity index (χ1v) is 27.3. The second-order valence-electron chi connectivity index (χ2n) is 20.8. The van der Waals surface area contributed by atoms with Crippen molar-refractivity contribution in [1.29, 1.82) is 0 Å². The van der Waals surface area contributed by atoms with E-state index in [0.717, 1.165) is 22.5 Å². The summed E-state index contributed by atoms with van der Waals surface area (Å²) < 4.78 is 32.0. The van der Waals surface area contributed by atoms with Crippen LogP contribution in [-0.4, -0.2) is 153 Å². The van der Waals surface area contributed by atoms with Gasteiger partial charge in [-0.15, -0.1) is 0 Å². The maximum Gasteiger partial charge on any atom is 2.00 e. The van der Waals surface area contributed by atoms with Crippen LogP contribution in [0.5, 0.6) is 0 Å². The van der Waals surface area contributed by atoms with Crippen molar-refractivity contribution in [3.05, 3.63) is 204 Å². The van der Waals surface area contributed by atoms with Crippen molar-refractivity contribution in [2.75, 3.05) is 10.6 Å². The zero-order valence-corrected chi connectivity index (χ0v) is 52.0. The Kier molecular flexibility index (Phi) is 27.0. The fourth-order valence-electron chi connectivity index (χ4n) is 10.4. The molecule has 0 unspecified atom stereocenters. The number of carboxylic acids is 2. The molecule has 430 valence electrons. The van der Waals surface area contributed by atoms with Crippen molar-refractivity contribution in [3.63, 3.8) is 0 Å². The van der Waals surface area contributed by atoms with Crippen LogP contribution in [0.15, 0.2) is 170 Å². The van der Waals surface area contributed by atoms with Gasteiger partial charge in [0.25, 0.3) is 11.8 Å². The van der Waals surface area contributed by atoms with Crippen LogP contribution < -0.4 is 20.8 Å². The van der Waals surface area contributed by atoms with E-state index in [-0.39, 0.29) is 138 Å². The number of carboxylic acid groups (broad SMARTS) is 2. The molecule has 2 amide bonds. The van der Waals surface area contributed by atoms with Crippen LogP contribution >= 0.6 is 0 Å². The molecule has 0 bridgehead atoms. The molecule has 0 aliphatic rings. The summed E-state index contributed by atoms with van der Waals surface area (Å²) in [6.07, 6.45) is -5.54. The molecule has 0 saturated heterocycles. The monoisotopic (exact) mass is 1190 g/mol. The minimum atomic E-state index is -1.39. The average molecular weight is 1200 g/mol. The molecular weight excluding hydrogens is 1130 g/mol. The zero-order chi connectivity index (χ0) is 59.0. The SMILES string of the molecule is CC(C)c1c(C(=O)Nc2ccccc2)c(-c2ccccc2)c(-c2ccc(F)cc2)n1CC[C@@H](O)C[C@@H](O)CC(=O)[O-].CC(C)c1c(C(=O)Nc2ccccc2)c(-c2ccccc2)c(-c2ccc(F)cc2)n1CC[C@@H](O)C[C@@H](O)CC(=O)[O-].[Ca+2].[Ca]. The maximum atomic E-state index is 14.0. The summed E-state index contributed by atoms with van der Waals surface area (Å²) in [4.78, 5) is 49.8. The Morgan fingerprint density at radius 2 is 0.750 bits per heavy atom. The van der Waals surface area contributed by atoms with Crippen LogP contribution in [0.25, 0.3) is 44.8 Å². The molecule has 6 N–H and O–H groups in total. The Morgan fingerprint density at radius 3 is 1.04 bits per heavy atom. The molecule has 8 rings (SSSR count). The molecule has 0 aliphatic carbocycles. The van der Waals surface area contributed by atoms with Crippen LogP contribution in [-0.2, 0) is 22.7 Å². The number of nitrogens with one attached hydrogen (secondary N) is 2. The third-order valence-electron chi connectivity index (χ3n) is 13.8. The topological polar surface area (TPSA) is 229 Å². The minimum Gasteiger partial charge on any atom is -0.550 e. The van der Waals surface area contributed by atoms with Crippen molar-refractivity contribution in [2.45, 2.75) is 116 Å². The van der Waals surface area contributed by atoms with Crippen molar-refractivity contribution in [2.24, 2.45) is 0 Å². The molecule has 2 radical (unpaired) electrons. The molecule has 0 spiro atoms. The van der Waals surface area contributed by atoms with Crippen LogP contribution in [0, 0.1) is 11.6 Å². The second-order valence-corrected chi connectivity index (χ2v) is 20.8. The Hall–Kier alpha value is -6.02.